The Bertz CT molecular complexity index is 852. The van der Waals surface area contributed by atoms with Gasteiger partial charge in [0.05, 0.1) is 0 Å². The Balaban J connectivity index is 2.14. The van der Waals surface area contributed by atoms with E-state index in [1.165, 1.54) is 12.5 Å². The van der Waals surface area contributed by atoms with Gasteiger partial charge in [-0.3, -0.25) is 4.79 Å². The number of carbonyl (C=O) groups excluding carboxylic acids is 1. The maximum atomic E-state index is 12.4. The Kier molecular flexibility index (Phi) is 5.60. The van der Waals surface area contributed by atoms with E-state index < -0.39 is 16.1 Å². The number of benzene rings is 1. The van der Waals surface area contributed by atoms with Gasteiger partial charge in [0.2, 0.25) is 15.4 Å². The number of nitrogens with zero attached hydrogens (tertiary/aromatic N) is 2. The predicted octanol–water partition coefficient (Wildman–Crippen LogP) is 2.83. The third kappa shape index (κ3) is 5.07. The van der Waals surface area contributed by atoms with Crippen LogP contribution in [0, 0.1) is 0 Å². The van der Waals surface area contributed by atoms with E-state index in [-0.39, 0.29) is 20.8 Å². The monoisotopic (exact) mass is 382 g/mol. The van der Waals surface area contributed by atoms with E-state index >= 15 is 0 Å². The fraction of sp³-hybridized carbons (Fsp3) is 0.438. The topological polar surface area (TPSA) is 101 Å². The smallest absolute Gasteiger partial charge is 0.270 e. The normalized spacial score (nSPS) is 13.5. The number of carbonyl (C=O) groups is 1. The summed E-state index contributed by atoms with van der Waals surface area (Å²) in [7, 11) is -3.82. The van der Waals surface area contributed by atoms with Gasteiger partial charge < -0.3 is 5.32 Å². The van der Waals surface area contributed by atoms with E-state index in [1.54, 1.807) is 6.92 Å². The molecular formula is C16H22N4O3S2. The second-order valence-electron chi connectivity index (χ2n) is 6.77. The highest BCUT2D eigenvalue weighted by molar-refractivity contribution is 7.91. The van der Waals surface area contributed by atoms with Crippen LogP contribution in [0.1, 0.15) is 51.8 Å². The number of nitrogens with one attached hydrogen (secondary N) is 2. The van der Waals surface area contributed by atoms with Crippen LogP contribution in [0.25, 0.3) is 0 Å². The van der Waals surface area contributed by atoms with E-state index in [1.807, 2.05) is 24.3 Å². The molecule has 1 heterocycles. The van der Waals surface area contributed by atoms with E-state index in [2.05, 4.69) is 41.0 Å². The lowest BCUT2D eigenvalue weighted by molar-refractivity contribution is -0.114. The molecule has 25 heavy (non-hydrogen) atoms. The van der Waals surface area contributed by atoms with E-state index in [9.17, 15) is 13.2 Å². The highest BCUT2D eigenvalue weighted by Crippen LogP contribution is 2.25. The average Bonchev–Trinajstić information content (AvgIpc) is 2.94. The zero-order valence-corrected chi connectivity index (χ0v) is 16.5. The molecule has 1 aromatic carbocycles. The van der Waals surface area contributed by atoms with Gasteiger partial charge in [0.25, 0.3) is 10.0 Å². The van der Waals surface area contributed by atoms with Gasteiger partial charge in [0.1, 0.15) is 0 Å². The Morgan fingerprint density at radius 3 is 2.28 bits per heavy atom. The van der Waals surface area contributed by atoms with Crippen molar-refractivity contribution in [3.05, 3.63) is 35.4 Å². The van der Waals surface area contributed by atoms with Crippen LogP contribution in [-0.4, -0.2) is 24.5 Å². The number of rotatable bonds is 5. The molecule has 0 spiro atoms. The van der Waals surface area contributed by atoms with Crippen molar-refractivity contribution in [1.82, 2.24) is 14.9 Å². The highest BCUT2D eigenvalue weighted by Gasteiger charge is 2.24. The lowest BCUT2D eigenvalue weighted by Gasteiger charge is -2.20. The molecule has 1 amide bonds. The van der Waals surface area contributed by atoms with Gasteiger partial charge in [-0.05, 0) is 23.5 Å². The molecule has 1 atom stereocenters. The Hall–Kier alpha value is -1.84. The summed E-state index contributed by atoms with van der Waals surface area (Å²) >= 11 is 0.807. The molecule has 2 N–H and O–H groups in total. The first-order chi connectivity index (χ1) is 11.5. The van der Waals surface area contributed by atoms with Crippen LogP contribution in [0.15, 0.2) is 28.6 Å². The summed E-state index contributed by atoms with van der Waals surface area (Å²) in [4.78, 5) is 11.0. The van der Waals surface area contributed by atoms with Crippen LogP contribution in [0.3, 0.4) is 0 Å². The molecule has 0 aliphatic heterocycles. The number of hydrogen-bond donors (Lipinski definition) is 2. The lowest BCUT2D eigenvalue weighted by atomic mass is 9.86. The van der Waals surface area contributed by atoms with Crippen LogP contribution in [0.2, 0.25) is 0 Å². The van der Waals surface area contributed by atoms with E-state index in [0.29, 0.717) is 0 Å². The van der Waals surface area contributed by atoms with Gasteiger partial charge in [0, 0.05) is 13.0 Å². The van der Waals surface area contributed by atoms with Gasteiger partial charge in [-0.2, -0.15) is 0 Å². The summed E-state index contributed by atoms with van der Waals surface area (Å²) < 4.78 is 27.2. The van der Waals surface area contributed by atoms with E-state index in [0.717, 1.165) is 16.9 Å². The quantitative estimate of drug-likeness (QED) is 0.775. The van der Waals surface area contributed by atoms with Gasteiger partial charge in [-0.15, -0.1) is 10.2 Å². The van der Waals surface area contributed by atoms with Gasteiger partial charge in [-0.25, -0.2) is 13.1 Å². The Labute approximate surface area is 151 Å². The zero-order chi connectivity index (χ0) is 18.8. The van der Waals surface area contributed by atoms with Crippen molar-refractivity contribution in [2.24, 2.45) is 0 Å². The van der Waals surface area contributed by atoms with Crippen molar-refractivity contribution < 1.29 is 13.2 Å². The van der Waals surface area contributed by atoms with Crippen molar-refractivity contribution in [2.75, 3.05) is 5.32 Å². The van der Waals surface area contributed by atoms with Crippen LogP contribution >= 0.6 is 11.3 Å². The van der Waals surface area contributed by atoms with Crippen LogP contribution in [0.5, 0.6) is 0 Å². The fourth-order valence-corrected chi connectivity index (χ4v) is 4.34. The SMILES string of the molecule is CC(=O)Nc1nnc(S(=O)(=O)N[C@@H](C)c2ccc(C(C)(C)C)cc2)s1. The van der Waals surface area contributed by atoms with Crippen molar-refractivity contribution >= 4 is 32.4 Å². The molecule has 0 fully saturated rings. The first-order valence-electron chi connectivity index (χ1n) is 7.73. The molecule has 0 aliphatic carbocycles. The van der Waals surface area contributed by atoms with E-state index in [4.69, 9.17) is 0 Å². The molecule has 0 saturated heterocycles. The molecule has 0 unspecified atom stereocenters. The highest BCUT2D eigenvalue weighted by atomic mass is 32.2. The molecule has 0 aliphatic rings. The standard InChI is InChI=1S/C16H22N4O3S2/c1-10(12-6-8-13(9-7-12)16(3,4)5)20-25(22,23)15-19-18-14(24-15)17-11(2)21/h6-10,20H,1-5H3,(H,17,18,21)/t10-/m0/s1. The lowest BCUT2D eigenvalue weighted by Crippen LogP contribution is -2.27. The molecule has 2 rings (SSSR count). The molecule has 0 radical (unpaired) electrons. The third-order valence-electron chi connectivity index (χ3n) is 3.53. The minimum atomic E-state index is -3.82. The van der Waals surface area contributed by atoms with Gasteiger partial charge >= 0.3 is 0 Å². The maximum absolute atomic E-state index is 12.4. The summed E-state index contributed by atoms with van der Waals surface area (Å²) in [5, 5.41) is 9.86. The zero-order valence-electron chi connectivity index (χ0n) is 14.8. The molecule has 7 nitrogen and oxygen atoms in total. The van der Waals surface area contributed by atoms with Crippen LogP contribution in [0.4, 0.5) is 5.13 Å². The predicted molar refractivity (Wildman–Crippen MR) is 98.1 cm³/mol. The molecule has 2 aromatic rings. The number of anilines is 1. The van der Waals surface area contributed by atoms with Crippen LogP contribution < -0.4 is 10.0 Å². The minimum Gasteiger partial charge on any atom is -0.301 e. The first kappa shape index (κ1) is 19.5. The third-order valence-corrected chi connectivity index (χ3v) is 6.27. The van der Waals surface area contributed by atoms with Crippen molar-refractivity contribution in [1.29, 1.82) is 0 Å². The molecule has 1 aromatic heterocycles. The molecular weight excluding hydrogens is 360 g/mol. The fourth-order valence-electron chi connectivity index (χ4n) is 2.14. The largest absolute Gasteiger partial charge is 0.301 e. The number of hydrogen-bond acceptors (Lipinski definition) is 6. The number of amides is 1. The summed E-state index contributed by atoms with van der Waals surface area (Å²) in [6.07, 6.45) is 0. The van der Waals surface area contributed by atoms with Crippen molar-refractivity contribution in [3.8, 4) is 0 Å². The maximum Gasteiger partial charge on any atom is 0.270 e. The molecule has 0 saturated carbocycles. The summed E-state index contributed by atoms with van der Waals surface area (Å²) in [6.45, 7) is 9.44. The Morgan fingerprint density at radius 1 is 1.16 bits per heavy atom. The Morgan fingerprint density at radius 2 is 1.76 bits per heavy atom. The summed E-state index contributed by atoms with van der Waals surface area (Å²) in [5.74, 6) is -0.333. The average molecular weight is 383 g/mol. The molecule has 9 heteroatoms. The molecule has 0 bridgehead atoms. The summed E-state index contributed by atoms with van der Waals surface area (Å²) in [5.41, 5.74) is 2.06. The first-order valence-corrected chi connectivity index (χ1v) is 10.0. The second kappa shape index (κ2) is 7.19. The minimum absolute atomic E-state index is 0.0357. The number of aromatic nitrogens is 2. The van der Waals surface area contributed by atoms with Crippen LogP contribution in [-0.2, 0) is 20.2 Å². The van der Waals surface area contributed by atoms with Gasteiger partial charge in [0.15, 0.2) is 0 Å². The number of sulfonamides is 1. The summed E-state index contributed by atoms with van der Waals surface area (Å²) in [6, 6.07) is 7.40. The van der Waals surface area contributed by atoms with Gasteiger partial charge in [-0.1, -0.05) is 56.4 Å². The second-order valence-corrected chi connectivity index (χ2v) is 9.63. The van der Waals surface area contributed by atoms with Crippen molar-refractivity contribution in [2.45, 2.75) is 50.4 Å². The molecule has 136 valence electrons. The van der Waals surface area contributed by atoms with Crippen molar-refractivity contribution in [3.63, 3.8) is 0 Å².